The number of carbonyl (C=O) groups excluding carboxylic acids is 2. The first-order chi connectivity index (χ1) is 17.6. The Balaban J connectivity index is 1.86. The molecule has 0 fully saturated rings. The summed E-state index contributed by atoms with van der Waals surface area (Å²) in [5.74, 6) is 0.759. The lowest BCUT2D eigenvalue weighted by molar-refractivity contribution is -0.143. The monoisotopic (exact) mass is 490 g/mol. The van der Waals surface area contributed by atoms with Crippen LogP contribution in [-0.4, -0.2) is 50.2 Å². The summed E-state index contributed by atoms with van der Waals surface area (Å²) in [6, 6.07) is 25.1. The maximum absolute atomic E-state index is 13.6. The number of para-hydroxylation sites is 1. The lowest BCUT2D eigenvalue weighted by Crippen LogP contribution is -2.45. The highest BCUT2D eigenvalue weighted by atomic mass is 16.5. The van der Waals surface area contributed by atoms with Crippen molar-refractivity contribution in [3.05, 3.63) is 96.1 Å². The number of methoxy groups -OCH3 is 1. The second-order valence-electron chi connectivity index (χ2n) is 8.13. The number of rotatable bonds is 14. The third-order valence-corrected chi connectivity index (χ3v) is 5.58. The summed E-state index contributed by atoms with van der Waals surface area (Å²) >= 11 is 0. The van der Waals surface area contributed by atoms with Gasteiger partial charge in [-0.15, -0.1) is 0 Å². The lowest BCUT2D eigenvalue weighted by Gasteiger charge is -2.31. The van der Waals surface area contributed by atoms with E-state index in [0.29, 0.717) is 31.9 Å². The Morgan fingerprint density at radius 3 is 2.19 bits per heavy atom. The molecular weight excluding hydrogens is 456 g/mol. The zero-order chi connectivity index (χ0) is 25.6. The van der Waals surface area contributed by atoms with E-state index < -0.39 is 6.04 Å². The highest BCUT2D eigenvalue weighted by Crippen LogP contribution is 2.25. The largest absolute Gasteiger partial charge is 0.497 e. The molecule has 0 aliphatic carbocycles. The van der Waals surface area contributed by atoms with Gasteiger partial charge in [-0.1, -0.05) is 60.7 Å². The first-order valence-electron chi connectivity index (χ1n) is 12.1. The Kier molecular flexibility index (Phi) is 10.8. The van der Waals surface area contributed by atoms with Gasteiger partial charge in [-0.2, -0.15) is 0 Å². The molecule has 36 heavy (non-hydrogen) atoms. The number of benzene rings is 3. The van der Waals surface area contributed by atoms with Crippen LogP contribution in [0.2, 0.25) is 0 Å². The Labute approximate surface area is 213 Å². The Bertz CT molecular complexity index is 1060. The van der Waals surface area contributed by atoms with Gasteiger partial charge >= 0.3 is 0 Å². The van der Waals surface area contributed by atoms with Crippen molar-refractivity contribution in [1.29, 1.82) is 0 Å². The highest BCUT2D eigenvalue weighted by molar-refractivity contribution is 5.89. The summed E-state index contributed by atoms with van der Waals surface area (Å²) in [7, 11) is 1.60. The van der Waals surface area contributed by atoms with Crippen molar-refractivity contribution in [1.82, 2.24) is 10.2 Å². The van der Waals surface area contributed by atoms with Crippen molar-refractivity contribution < 1.29 is 23.8 Å². The summed E-state index contributed by atoms with van der Waals surface area (Å²) in [4.78, 5) is 28.6. The van der Waals surface area contributed by atoms with Gasteiger partial charge in [0.1, 0.15) is 17.5 Å². The zero-order valence-electron chi connectivity index (χ0n) is 20.9. The Morgan fingerprint density at radius 2 is 1.56 bits per heavy atom. The average molecular weight is 491 g/mol. The number of nitrogens with zero attached hydrogens (tertiary/aromatic N) is 1. The quantitative estimate of drug-likeness (QED) is 0.339. The third kappa shape index (κ3) is 8.13. The maximum atomic E-state index is 13.6. The molecule has 3 aromatic carbocycles. The van der Waals surface area contributed by atoms with Gasteiger partial charge in [0.05, 0.1) is 7.11 Å². The number of carbonyl (C=O) groups is 2. The zero-order valence-corrected chi connectivity index (χ0v) is 20.9. The summed E-state index contributed by atoms with van der Waals surface area (Å²) < 4.78 is 16.4. The van der Waals surface area contributed by atoms with Gasteiger partial charge in [-0.25, -0.2) is 0 Å². The van der Waals surface area contributed by atoms with Crippen LogP contribution in [-0.2, 0) is 20.9 Å². The molecule has 0 saturated heterocycles. The molecule has 3 aromatic rings. The minimum Gasteiger partial charge on any atom is -0.497 e. The van der Waals surface area contributed by atoms with Crippen molar-refractivity contribution >= 4 is 11.8 Å². The van der Waals surface area contributed by atoms with Crippen LogP contribution in [0.5, 0.6) is 11.5 Å². The van der Waals surface area contributed by atoms with Crippen LogP contribution in [0, 0.1) is 0 Å². The van der Waals surface area contributed by atoms with Crippen molar-refractivity contribution in [2.75, 3.05) is 33.5 Å². The van der Waals surface area contributed by atoms with E-state index in [-0.39, 0.29) is 25.0 Å². The van der Waals surface area contributed by atoms with Gasteiger partial charge in [0.25, 0.3) is 5.91 Å². The topological polar surface area (TPSA) is 77.1 Å². The van der Waals surface area contributed by atoms with Crippen LogP contribution < -0.4 is 14.8 Å². The molecule has 1 atom stereocenters. The van der Waals surface area contributed by atoms with Gasteiger partial charge in [0.15, 0.2) is 6.61 Å². The molecule has 0 radical (unpaired) electrons. The molecule has 0 aromatic heterocycles. The van der Waals surface area contributed by atoms with Crippen LogP contribution in [0.1, 0.15) is 30.5 Å². The van der Waals surface area contributed by atoms with E-state index in [1.807, 2.05) is 79.7 Å². The molecule has 190 valence electrons. The second kappa shape index (κ2) is 14.5. The summed E-state index contributed by atoms with van der Waals surface area (Å²) in [5, 5.41) is 2.98. The molecule has 0 unspecified atom stereocenters. The van der Waals surface area contributed by atoms with Crippen LogP contribution in [0.4, 0.5) is 0 Å². The fourth-order valence-electron chi connectivity index (χ4n) is 3.73. The Morgan fingerprint density at radius 1 is 0.889 bits per heavy atom. The minimum absolute atomic E-state index is 0.193. The highest BCUT2D eigenvalue weighted by Gasteiger charge is 2.31. The molecule has 7 heteroatoms. The molecule has 0 aliphatic rings. The molecule has 0 saturated carbocycles. The normalized spacial score (nSPS) is 11.4. The summed E-state index contributed by atoms with van der Waals surface area (Å²) in [6.07, 6.45) is 0.685. The van der Waals surface area contributed by atoms with Crippen molar-refractivity contribution in [3.63, 3.8) is 0 Å². The molecule has 3 rings (SSSR count). The minimum atomic E-state index is -0.827. The maximum Gasteiger partial charge on any atom is 0.261 e. The third-order valence-electron chi connectivity index (χ3n) is 5.58. The lowest BCUT2D eigenvalue weighted by atomic mass is 10.0. The van der Waals surface area contributed by atoms with E-state index in [2.05, 4.69) is 5.32 Å². The molecule has 7 nitrogen and oxygen atoms in total. The van der Waals surface area contributed by atoms with Crippen LogP contribution >= 0.6 is 0 Å². The molecule has 0 spiro atoms. The van der Waals surface area contributed by atoms with Gasteiger partial charge in [0, 0.05) is 26.3 Å². The number of nitrogens with one attached hydrogen (secondary N) is 1. The fraction of sp³-hybridized carbons (Fsp3) is 0.310. The molecule has 0 heterocycles. The molecule has 0 aliphatic heterocycles. The molecular formula is C29H34N2O5. The number of hydrogen-bond acceptors (Lipinski definition) is 5. The van der Waals surface area contributed by atoms with E-state index in [1.165, 1.54) is 0 Å². The van der Waals surface area contributed by atoms with Crippen LogP contribution in [0.3, 0.4) is 0 Å². The van der Waals surface area contributed by atoms with Crippen LogP contribution in [0.15, 0.2) is 84.9 Å². The van der Waals surface area contributed by atoms with E-state index in [1.54, 1.807) is 24.1 Å². The summed E-state index contributed by atoms with van der Waals surface area (Å²) in [6.45, 7) is 3.61. The fourth-order valence-corrected chi connectivity index (χ4v) is 3.73. The van der Waals surface area contributed by atoms with E-state index in [4.69, 9.17) is 14.2 Å². The second-order valence-corrected chi connectivity index (χ2v) is 8.13. The van der Waals surface area contributed by atoms with Gasteiger partial charge in [-0.05, 0) is 48.7 Å². The van der Waals surface area contributed by atoms with Gasteiger partial charge in [0.2, 0.25) is 5.91 Å². The first kappa shape index (κ1) is 26.8. The van der Waals surface area contributed by atoms with Crippen molar-refractivity contribution in [3.8, 4) is 11.5 Å². The predicted octanol–water partition coefficient (Wildman–Crippen LogP) is 4.39. The van der Waals surface area contributed by atoms with Gasteiger partial charge in [-0.3, -0.25) is 9.59 Å². The Hall–Kier alpha value is -3.84. The van der Waals surface area contributed by atoms with Crippen LogP contribution in [0.25, 0.3) is 0 Å². The summed E-state index contributed by atoms with van der Waals surface area (Å²) in [5.41, 5.74) is 1.59. The smallest absolute Gasteiger partial charge is 0.261 e. The predicted molar refractivity (Wildman–Crippen MR) is 139 cm³/mol. The standard InChI is InChI=1S/C29H34N2O5/c1-3-35-20-10-19-30-29(33)28(24-11-6-4-7-12-24)31(21-23-15-17-25(34-2)18-16-23)27(32)22-36-26-13-8-5-9-14-26/h4-9,11-18,28H,3,10,19-22H2,1-2H3,(H,30,33)/t28-/m0/s1. The SMILES string of the molecule is CCOCCCNC(=O)[C@H](c1ccccc1)N(Cc1ccc(OC)cc1)C(=O)COc1ccccc1. The number of ether oxygens (including phenoxy) is 3. The van der Waals surface area contributed by atoms with E-state index >= 15 is 0 Å². The molecule has 1 N–H and O–H groups in total. The number of amides is 2. The number of hydrogen-bond donors (Lipinski definition) is 1. The first-order valence-corrected chi connectivity index (χ1v) is 12.1. The average Bonchev–Trinajstić information content (AvgIpc) is 2.93. The van der Waals surface area contributed by atoms with Crippen molar-refractivity contribution in [2.24, 2.45) is 0 Å². The van der Waals surface area contributed by atoms with Crippen molar-refractivity contribution in [2.45, 2.75) is 25.9 Å². The van der Waals surface area contributed by atoms with E-state index in [9.17, 15) is 9.59 Å². The van der Waals surface area contributed by atoms with E-state index in [0.717, 1.165) is 16.9 Å². The molecule has 2 amide bonds. The van der Waals surface area contributed by atoms with Gasteiger partial charge < -0.3 is 24.4 Å². The molecule has 0 bridgehead atoms.